The molecule has 1 aromatic heterocycles. The molecule has 1 heterocycles. The summed E-state index contributed by atoms with van der Waals surface area (Å²) in [5.41, 5.74) is 0. The van der Waals surface area contributed by atoms with E-state index in [0.29, 0.717) is 11.5 Å². The number of amides is 1. The molecule has 0 aliphatic rings. The highest BCUT2D eigenvalue weighted by Crippen LogP contribution is 2.16. The van der Waals surface area contributed by atoms with Crippen molar-refractivity contribution < 1.29 is 14.3 Å². The lowest BCUT2D eigenvalue weighted by atomic mass is 10.3. The Morgan fingerprint density at radius 3 is 2.69 bits per heavy atom. The van der Waals surface area contributed by atoms with Crippen molar-refractivity contribution in [1.82, 2.24) is 5.32 Å². The van der Waals surface area contributed by atoms with Crippen LogP contribution in [0, 0.1) is 0 Å². The van der Waals surface area contributed by atoms with E-state index in [4.69, 9.17) is 4.74 Å². The Hall–Kier alpha value is -1.36. The Morgan fingerprint density at radius 2 is 2.12 bits per heavy atom. The van der Waals surface area contributed by atoms with Crippen molar-refractivity contribution in [2.75, 3.05) is 13.2 Å². The lowest BCUT2D eigenvalue weighted by Crippen LogP contribution is -2.30. The molecule has 88 valence electrons. The van der Waals surface area contributed by atoms with Crippen molar-refractivity contribution in [3.63, 3.8) is 0 Å². The Bertz CT molecular complexity index is 373. The van der Waals surface area contributed by atoms with Crippen LogP contribution in [0.15, 0.2) is 12.1 Å². The van der Waals surface area contributed by atoms with Gasteiger partial charge in [-0.1, -0.05) is 6.92 Å². The van der Waals surface area contributed by atoms with Crippen molar-refractivity contribution in [2.24, 2.45) is 0 Å². The monoisotopic (exact) mass is 241 g/mol. The van der Waals surface area contributed by atoms with Gasteiger partial charge in [0.05, 0.1) is 11.5 Å². The fourth-order valence-electron chi connectivity index (χ4n) is 1.14. The zero-order chi connectivity index (χ0) is 12.0. The number of nitrogens with one attached hydrogen (secondary N) is 1. The number of thiophene rings is 1. The minimum absolute atomic E-state index is 0.0773. The second-order valence-electron chi connectivity index (χ2n) is 3.11. The lowest BCUT2D eigenvalue weighted by molar-refractivity contribution is -0.141. The molecule has 0 atom stereocenters. The maximum atomic E-state index is 11.6. The zero-order valence-corrected chi connectivity index (χ0v) is 10.2. The number of esters is 1. The third kappa shape index (κ3) is 3.66. The molecule has 0 bridgehead atoms. The average Bonchev–Trinajstić information content (AvgIpc) is 2.75. The van der Waals surface area contributed by atoms with Crippen molar-refractivity contribution in [3.05, 3.63) is 21.9 Å². The van der Waals surface area contributed by atoms with Crippen molar-refractivity contribution >= 4 is 23.2 Å². The number of rotatable bonds is 5. The molecule has 0 unspecified atom stereocenters. The molecule has 0 radical (unpaired) electrons. The molecule has 0 spiro atoms. The van der Waals surface area contributed by atoms with E-state index in [2.05, 4.69) is 5.32 Å². The summed E-state index contributed by atoms with van der Waals surface area (Å²) in [6.07, 6.45) is 0.913. The molecule has 0 aromatic carbocycles. The Morgan fingerprint density at radius 1 is 1.38 bits per heavy atom. The van der Waals surface area contributed by atoms with E-state index in [0.717, 1.165) is 11.3 Å². The van der Waals surface area contributed by atoms with Crippen LogP contribution in [0.5, 0.6) is 0 Å². The number of hydrogen-bond donors (Lipinski definition) is 1. The van der Waals surface area contributed by atoms with Gasteiger partial charge in [0.2, 0.25) is 0 Å². The third-order valence-electron chi connectivity index (χ3n) is 1.93. The smallest absolute Gasteiger partial charge is 0.325 e. The van der Waals surface area contributed by atoms with Gasteiger partial charge in [-0.15, -0.1) is 11.3 Å². The first-order chi connectivity index (χ1) is 7.67. The molecule has 0 aliphatic heterocycles. The number of ether oxygens (including phenoxy) is 1. The Balaban J connectivity index is 2.43. The number of hydrogen-bond acceptors (Lipinski definition) is 4. The highest BCUT2D eigenvalue weighted by atomic mass is 32.1. The predicted molar refractivity (Wildman–Crippen MR) is 62.7 cm³/mol. The fraction of sp³-hybridized carbons (Fsp3) is 0.455. The number of carbonyl (C=O) groups is 2. The highest BCUT2D eigenvalue weighted by molar-refractivity contribution is 7.14. The van der Waals surface area contributed by atoms with Crippen LogP contribution < -0.4 is 5.32 Å². The third-order valence-corrected chi connectivity index (χ3v) is 3.16. The molecule has 0 saturated carbocycles. The van der Waals surface area contributed by atoms with E-state index in [9.17, 15) is 9.59 Å². The summed E-state index contributed by atoms with van der Waals surface area (Å²) in [6.45, 7) is 4.01. The normalized spacial score (nSPS) is 9.88. The van der Waals surface area contributed by atoms with Crippen LogP contribution in [0.1, 0.15) is 28.4 Å². The van der Waals surface area contributed by atoms with Gasteiger partial charge in [0.1, 0.15) is 6.54 Å². The molecule has 1 aromatic rings. The second kappa shape index (κ2) is 6.27. The van der Waals surface area contributed by atoms with Gasteiger partial charge in [0, 0.05) is 4.88 Å². The van der Waals surface area contributed by atoms with Gasteiger partial charge in [-0.3, -0.25) is 9.59 Å². The predicted octanol–water partition coefficient (Wildman–Crippen LogP) is 1.60. The van der Waals surface area contributed by atoms with Crippen molar-refractivity contribution in [3.8, 4) is 0 Å². The van der Waals surface area contributed by atoms with Crippen molar-refractivity contribution in [1.29, 1.82) is 0 Å². The van der Waals surface area contributed by atoms with Gasteiger partial charge in [-0.2, -0.15) is 0 Å². The lowest BCUT2D eigenvalue weighted by Gasteiger charge is -2.02. The fourth-order valence-corrected chi connectivity index (χ4v) is 2.01. The number of aryl methyl sites for hydroxylation is 1. The molecule has 0 aliphatic carbocycles. The van der Waals surface area contributed by atoms with E-state index >= 15 is 0 Å². The molecule has 1 N–H and O–H groups in total. The Kier molecular flexibility index (Phi) is 4.98. The van der Waals surface area contributed by atoms with Crippen LogP contribution in [0.3, 0.4) is 0 Å². The zero-order valence-electron chi connectivity index (χ0n) is 9.41. The van der Waals surface area contributed by atoms with Gasteiger partial charge in [0.25, 0.3) is 5.91 Å². The maximum absolute atomic E-state index is 11.6. The SMILES string of the molecule is CCOC(=O)CNC(=O)c1ccc(CC)s1. The summed E-state index contributed by atoms with van der Waals surface area (Å²) in [6, 6.07) is 3.69. The van der Waals surface area contributed by atoms with E-state index < -0.39 is 5.97 Å². The second-order valence-corrected chi connectivity index (χ2v) is 4.28. The molecule has 16 heavy (non-hydrogen) atoms. The molecule has 5 heteroatoms. The molecular weight excluding hydrogens is 226 g/mol. The standard InChI is InChI=1S/C11H15NO3S/c1-3-8-5-6-9(16-8)11(14)12-7-10(13)15-4-2/h5-6H,3-4,7H2,1-2H3,(H,12,14). The summed E-state index contributed by atoms with van der Waals surface area (Å²) in [5.74, 6) is -0.638. The van der Waals surface area contributed by atoms with Gasteiger partial charge < -0.3 is 10.1 Å². The minimum atomic E-state index is -0.414. The van der Waals surface area contributed by atoms with Gasteiger partial charge in [-0.05, 0) is 25.5 Å². The quantitative estimate of drug-likeness (QED) is 0.797. The van der Waals surface area contributed by atoms with Crippen LogP contribution in [-0.4, -0.2) is 25.0 Å². The minimum Gasteiger partial charge on any atom is -0.465 e. The van der Waals surface area contributed by atoms with Crippen LogP contribution in [-0.2, 0) is 16.0 Å². The molecule has 0 fully saturated rings. The Labute approximate surface area is 98.6 Å². The van der Waals surface area contributed by atoms with E-state index in [1.54, 1.807) is 13.0 Å². The first-order valence-electron chi connectivity index (χ1n) is 5.19. The largest absolute Gasteiger partial charge is 0.465 e. The maximum Gasteiger partial charge on any atom is 0.325 e. The van der Waals surface area contributed by atoms with Gasteiger partial charge in [0.15, 0.2) is 0 Å². The summed E-state index contributed by atoms with van der Waals surface area (Å²) in [4.78, 5) is 24.4. The van der Waals surface area contributed by atoms with E-state index in [-0.39, 0.29) is 12.5 Å². The average molecular weight is 241 g/mol. The van der Waals surface area contributed by atoms with Crippen LogP contribution in [0.25, 0.3) is 0 Å². The van der Waals surface area contributed by atoms with E-state index in [1.165, 1.54) is 11.3 Å². The highest BCUT2D eigenvalue weighted by Gasteiger charge is 2.10. The first-order valence-corrected chi connectivity index (χ1v) is 6.01. The summed E-state index contributed by atoms with van der Waals surface area (Å²) >= 11 is 1.44. The summed E-state index contributed by atoms with van der Waals surface area (Å²) in [5, 5.41) is 2.52. The molecule has 4 nitrogen and oxygen atoms in total. The topological polar surface area (TPSA) is 55.4 Å². The first kappa shape index (κ1) is 12.7. The molecule has 1 rings (SSSR count). The van der Waals surface area contributed by atoms with Gasteiger partial charge >= 0.3 is 5.97 Å². The van der Waals surface area contributed by atoms with Crippen molar-refractivity contribution in [2.45, 2.75) is 20.3 Å². The van der Waals surface area contributed by atoms with Crippen LogP contribution in [0.2, 0.25) is 0 Å². The van der Waals surface area contributed by atoms with Gasteiger partial charge in [-0.25, -0.2) is 0 Å². The van der Waals surface area contributed by atoms with Crippen LogP contribution in [0.4, 0.5) is 0 Å². The van der Waals surface area contributed by atoms with Crippen LogP contribution >= 0.6 is 11.3 Å². The summed E-state index contributed by atoms with van der Waals surface area (Å²) < 4.78 is 4.70. The molecule has 1 amide bonds. The molecular formula is C11H15NO3S. The summed E-state index contributed by atoms with van der Waals surface area (Å²) in [7, 11) is 0. The molecule has 0 saturated heterocycles. The number of carbonyl (C=O) groups excluding carboxylic acids is 2. The van der Waals surface area contributed by atoms with E-state index in [1.807, 2.05) is 13.0 Å².